The molecule has 0 saturated carbocycles. The van der Waals surface area contributed by atoms with E-state index in [1.165, 1.54) is 14.2 Å². The molecule has 0 saturated heterocycles. The van der Waals surface area contributed by atoms with Crippen LogP contribution in [0.5, 0.6) is 0 Å². The van der Waals surface area contributed by atoms with Gasteiger partial charge in [-0.2, -0.15) is 0 Å². The summed E-state index contributed by atoms with van der Waals surface area (Å²) in [6, 6.07) is 3.83. The van der Waals surface area contributed by atoms with Crippen molar-refractivity contribution in [1.82, 2.24) is 0 Å². The summed E-state index contributed by atoms with van der Waals surface area (Å²) in [4.78, 5) is 23.0. The minimum Gasteiger partial charge on any atom is -0.466 e. The number of hydrogen-bond acceptors (Lipinski definition) is 5. The van der Waals surface area contributed by atoms with E-state index < -0.39 is 11.9 Å². The van der Waals surface area contributed by atoms with Crippen LogP contribution in [0.1, 0.15) is 11.1 Å². The molecule has 0 aromatic heterocycles. The lowest BCUT2D eigenvalue weighted by Gasteiger charge is -2.13. The first-order valence-corrected chi connectivity index (χ1v) is 6.60. The van der Waals surface area contributed by atoms with Gasteiger partial charge in [-0.3, -0.25) is 0 Å². The summed E-state index contributed by atoms with van der Waals surface area (Å²) in [6.07, 6.45) is 1.06. The van der Waals surface area contributed by atoms with Gasteiger partial charge in [-0.15, -0.1) is 0 Å². The van der Waals surface area contributed by atoms with Gasteiger partial charge in [0.05, 0.1) is 20.3 Å². The lowest BCUT2D eigenvalue weighted by Crippen LogP contribution is -2.16. The van der Waals surface area contributed by atoms with Crippen molar-refractivity contribution >= 4 is 33.6 Å². The summed E-state index contributed by atoms with van der Waals surface area (Å²) in [7, 11) is 2.48. The number of carbonyl (C=O) groups excluding carboxylic acids is 2. The minimum atomic E-state index is -0.646. The van der Waals surface area contributed by atoms with Crippen LogP contribution in [-0.2, 0) is 19.1 Å². The molecule has 5 nitrogen and oxygen atoms in total. The van der Waals surface area contributed by atoms with E-state index in [2.05, 4.69) is 30.7 Å². The average molecular weight is 342 g/mol. The number of hydrogen-bond donors (Lipinski definition) is 1. The van der Waals surface area contributed by atoms with Crippen LogP contribution in [0.2, 0.25) is 0 Å². The highest BCUT2D eigenvalue weighted by Gasteiger charge is 2.14. The molecule has 0 unspecified atom stereocenters. The van der Waals surface area contributed by atoms with Crippen molar-refractivity contribution in [3.8, 4) is 0 Å². The van der Waals surface area contributed by atoms with Gasteiger partial charge >= 0.3 is 11.9 Å². The van der Waals surface area contributed by atoms with Gasteiger partial charge in [0.25, 0.3) is 0 Å². The van der Waals surface area contributed by atoms with Crippen LogP contribution in [0.4, 0.5) is 5.69 Å². The Hall–Kier alpha value is -1.82. The molecule has 0 heterocycles. The van der Waals surface area contributed by atoms with Gasteiger partial charge in [-0.1, -0.05) is 15.9 Å². The Bertz CT molecular complexity index is 567. The largest absolute Gasteiger partial charge is 0.466 e. The molecule has 1 aromatic rings. The molecule has 1 N–H and O–H groups in total. The van der Waals surface area contributed by atoms with Crippen LogP contribution in [-0.4, -0.2) is 26.2 Å². The highest BCUT2D eigenvalue weighted by atomic mass is 79.9. The Morgan fingerprint density at radius 2 is 1.85 bits per heavy atom. The number of halogens is 1. The van der Waals surface area contributed by atoms with E-state index in [0.29, 0.717) is 5.69 Å². The maximum atomic E-state index is 11.7. The molecule has 0 bridgehead atoms. The molecular weight excluding hydrogens is 326 g/mol. The number of carbonyl (C=O) groups is 2. The summed E-state index contributed by atoms with van der Waals surface area (Å²) in [6.45, 7) is 3.82. The van der Waals surface area contributed by atoms with Crippen LogP contribution in [0.25, 0.3) is 0 Å². The van der Waals surface area contributed by atoms with Crippen molar-refractivity contribution in [3.05, 3.63) is 39.5 Å². The van der Waals surface area contributed by atoms with Crippen LogP contribution >= 0.6 is 15.9 Å². The third-order valence-corrected chi connectivity index (χ3v) is 3.45. The number of aryl methyl sites for hydroxylation is 1. The molecular formula is C14H16BrNO4. The van der Waals surface area contributed by atoms with E-state index in [1.54, 1.807) is 0 Å². The molecule has 0 atom stereocenters. The fourth-order valence-corrected chi connectivity index (χ4v) is 2.10. The molecule has 20 heavy (non-hydrogen) atoms. The number of anilines is 1. The summed E-state index contributed by atoms with van der Waals surface area (Å²) in [5, 5.41) is 2.90. The quantitative estimate of drug-likeness (QED) is 0.673. The van der Waals surface area contributed by atoms with Gasteiger partial charge in [0, 0.05) is 10.2 Å². The van der Waals surface area contributed by atoms with E-state index in [0.717, 1.165) is 21.7 Å². The summed E-state index contributed by atoms with van der Waals surface area (Å²) in [5.74, 6) is -1.28. The molecule has 0 fully saturated rings. The SMILES string of the molecule is COC(=O)/C=C(/Nc1cc(C)cc(Br)c1C)C(=O)OC. The Morgan fingerprint density at radius 3 is 2.40 bits per heavy atom. The van der Waals surface area contributed by atoms with Gasteiger partial charge in [-0.25, -0.2) is 9.59 Å². The van der Waals surface area contributed by atoms with E-state index in [4.69, 9.17) is 0 Å². The minimum absolute atomic E-state index is 0.0138. The molecule has 0 aliphatic rings. The van der Waals surface area contributed by atoms with E-state index in [-0.39, 0.29) is 5.70 Å². The predicted molar refractivity (Wildman–Crippen MR) is 79.4 cm³/mol. The molecule has 0 radical (unpaired) electrons. The van der Waals surface area contributed by atoms with Crippen molar-refractivity contribution < 1.29 is 19.1 Å². The maximum absolute atomic E-state index is 11.7. The number of ether oxygens (including phenoxy) is 2. The Labute approximate surface area is 126 Å². The Morgan fingerprint density at radius 1 is 1.20 bits per heavy atom. The average Bonchev–Trinajstić information content (AvgIpc) is 2.42. The van der Waals surface area contributed by atoms with E-state index >= 15 is 0 Å². The zero-order valence-electron chi connectivity index (χ0n) is 11.7. The van der Waals surface area contributed by atoms with E-state index in [1.807, 2.05) is 26.0 Å². The van der Waals surface area contributed by atoms with Crippen molar-refractivity contribution in [2.75, 3.05) is 19.5 Å². The Balaban J connectivity index is 3.17. The highest BCUT2D eigenvalue weighted by Crippen LogP contribution is 2.27. The van der Waals surface area contributed by atoms with Gasteiger partial charge in [-0.05, 0) is 37.1 Å². The molecule has 0 aliphatic carbocycles. The number of esters is 2. The predicted octanol–water partition coefficient (Wildman–Crippen LogP) is 2.71. The monoisotopic (exact) mass is 341 g/mol. The molecule has 1 aromatic carbocycles. The summed E-state index contributed by atoms with van der Waals surface area (Å²) >= 11 is 3.44. The standard InChI is InChI=1S/C14H16BrNO4/c1-8-5-10(15)9(2)11(6-8)16-12(14(18)20-4)7-13(17)19-3/h5-7,16H,1-4H3/b12-7+. The second-order valence-corrected chi connectivity index (χ2v) is 4.97. The first-order valence-electron chi connectivity index (χ1n) is 5.80. The van der Waals surface area contributed by atoms with Crippen molar-refractivity contribution in [2.45, 2.75) is 13.8 Å². The fourth-order valence-electron chi connectivity index (χ4n) is 1.52. The highest BCUT2D eigenvalue weighted by molar-refractivity contribution is 9.10. The van der Waals surface area contributed by atoms with Crippen LogP contribution in [0.15, 0.2) is 28.4 Å². The molecule has 1 rings (SSSR count). The van der Waals surface area contributed by atoms with Crippen molar-refractivity contribution in [3.63, 3.8) is 0 Å². The van der Waals surface area contributed by atoms with E-state index in [9.17, 15) is 9.59 Å². The van der Waals surface area contributed by atoms with Gasteiger partial charge < -0.3 is 14.8 Å². The summed E-state index contributed by atoms with van der Waals surface area (Å²) < 4.78 is 10.1. The van der Waals surface area contributed by atoms with Crippen molar-refractivity contribution in [2.24, 2.45) is 0 Å². The van der Waals surface area contributed by atoms with Crippen molar-refractivity contribution in [1.29, 1.82) is 0 Å². The number of nitrogens with one attached hydrogen (secondary N) is 1. The first-order chi connectivity index (χ1) is 9.38. The Kier molecular flexibility index (Phi) is 5.76. The molecule has 0 spiro atoms. The molecule has 6 heteroatoms. The smallest absolute Gasteiger partial charge is 0.354 e. The normalized spacial score (nSPS) is 10.9. The molecule has 108 valence electrons. The molecule has 0 amide bonds. The summed E-state index contributed by atoms with van der Waals surface area (Å²) in [5.41, 5.74) is 2.64. The van der Waals surface area contributed by atoms with Gasteiger partial charge in [0.1, 0.15) is 5.70 Å². The topological polar surface area (TPSA) is 64.6 Å². The second-order valence-electron chi connectivity index (χ2n) is 4.12. The van der Waals surface area contributed by atoms with Gasteiger partial charge in [0.15, 0.2) is 0 Å². The van der Waals surface area contributed by atoms with Gasteiger partial charge in [0.2, 0.25) is 0 Å². The maximum Gasteiger partial charge on any atom is 0.354 e. The first kappa shape index (κ1) is 16.2. The second kappa shape index (κ2) is 7.09. The number of benzene rings is 1. The zero-order chi connectivity index (χ0) is 15.3. The number of rotatable bonds is 4. The van der Waals surface area contributed by atoms with Crippen LogP contribution in [0, 0.1) is 13.8 Å². The lowest BCUT2D eigenvalue weighted by atomic mass is 10.1. The lowest BCUT2D eigenvalue weighted by molar-refractivity contribution is -0.138. The number of methoxy groups -OCH3 is 2. The third-order valence-electron chi connectivity index (χ3n) is 2.63. The van der Waals surface area contributed by atoms with Crippen LogP contribution < -0.4 is 5.32 Å². The zero-order valence-corrected chi connectivity index (χ0v) is 13.3. The third kappa shape index (κ3) is 4.09. The van der Waals surface area contributed by atoms with Crippen LogP contribution in [0.3, 0.4) is 0 Å². The fraction of sp³-hybridized carbons (Fsp3) is 0.286. The molecule has 0 aliphatic heterocycles.